The molecule has 3 nitrogen and oxygen atoms in total. The predicted molar refractivity (Wildman–Crippen MR) is 101 cm³/mol. The molecular formula is C19H15F2NO2S2. The normalized spacial score (nSPS) is 17.3. The Kier molecular flexibility index (Phi) is 4.88. The summed E-state index contributed by atoms with van der Waals surface area (Å²) in [7, 11) is -4.48. The van der Waals surface area contributed by atoms with E-state index in [-0.39, 0.29) is 11.5 Å². The molecule has 0 fully saturated rings. The number of thiocarbonyl (C=S) groups is 1. The summed E-state index contributed by atoms with van der Waals surface area (Å²) in [5.74, 6) is -2.57. The van der Waals surface area contributed by atoms with E-state index in [1.165, 1.54) is 0 Å². The van der Waals surface area contributed by atoms with E-state index >= 15 is 0 Å². The minimum atomic E-state index is -4.48. The fraction of sp³-hybridized carbons (Fsp3) is 0.105. The zero-order chi connectivity index (χ0) is 19.1. The van der Waals surface area contributed by atoms with Gasteiger partial charge in [0.1, 0.15) is 11.6 Å². The van der Waals surface area contributed by atoms with E-state index in [0.717, 1.165) is 23.3 Å². The number of aryl methyl sites for hydroxylation is 1. The SMILES string of the molecule is Cc1cccc(C2C=CC(c3cc(F)c(S(N)(=O)=O)c(F)c3)=CC2=S)c1. The maximum Gasteiger partial charge on any atom is 0.243 e. The molecule has 2 aromatic rings. The molecule has 2 aromatic carbocycles. The van der Waals surface area contributed by atoms with E-state index in [1.54, 1.807) is 12.2 Å². The lowest BCUT2D eigenvalue weighted by molar-refractivity contribution is 0.519. The van der Waals surface area contributed by atoms with Crippen LogP contribution in [0.15, 0.2) is 59.5 Å². The van der Waals surface area contributed by atoms with Crippen LogP contribution in [0.2, 0.25) is 0 Å². The minimum Gasteiger partial charge on any atom is -0.224 e. The third-order valence-corrected chi connectivity index (χ3v) is 5.42. The standard InChI is InChI=1S/C19H15F2NO2S2/c1-11-3-2-4-13(7-11)15-6-5-12(10-18(15)25)14-8-16(20)19(17(21)9-14)26(22,23)24/h2-10,15H,1H3,(H2,22,23,24). The highest BCUT2D eigenvalue weighted by atomic mass is 32.2. The van der Waals surface area contributed by atoms with E-state index in [4.69, 9.17) is 17.4 Å². The van der Waals surface area contributed by atoms with Crippen LogP contribution in [0.1, 0.15) is 22.6 Å². The van der Waals surface area contributed by atoms with Crippen molar-refractivity contribution in [2.75, 3.05) is 0 Å². The molecule has 2 N–H and O–H groups in total. The lowest BCUT2D eigenvalue weighted by Gasteiger charge is -2.19. The van der Waals surface area contributed by atoms with E-state index in [0.29, 0.717) is 10.4 Å². The van der Waals surface area contributed by atoms with Gasteiger partial charge in [0.05, 0.1) is 0 Å². The topological polar surface area (TPSA) is 60.2 Å². The number of allylic oxidation sites excluding steroid dienone is 4. The van der Waals surface area contributed by atoms with Crippen LogP contribution in [0.3, 0.4) is 0 Å². The Morgan fingerprint density at radius 1 is 1.12 bits per heavy atom. The van der Waals surface area contributed by atoms with Crippen LogP contribution in [0.4, 0.5) is 8.78 Å². The van der Waals surface area contributed by atoms with Gasteiger partial charge in [0.15, 0.2) is 4.90 Å². The van der Waals surface area contributed by atoms with Crippen molar-refractivity contribution >= 4 is 32.7 Å². The molecule has 0 spiro atoms. The van der Waals surface area contributed by atoms with Gasteiger partial charge in [0.2, 0.25) is 10.0 Å². The quantitative estimate of drug-likeness (QED) is 0.804. The lowest BCUT2D eigenvalue weighted by atomic mass is 9.87. The predicted octanol–water partition coefficient (Wildman–Crippen LogP) is 4.03. The van der Waals surface area contributed by atoms with Crippen LogP contribution in [0, 0.1) is 18.6 Å². The molecule has 1 aliphatic carbocycles. The maximum absolute atomic E-state index is 14.1. The second kappa shape index (κ2) is 6.83. The third kappa shape index (κ3) is 3.65. The van der Waals surface area contributed by atoms with E-state index < -0.39 is 26.6 Å². The number of hydrogen-bond donors (Lipinski definition) is 1. The smallest absolute Gasteiger partial charge is 0.224 e. The molecule has 0 radical (unpaired) electrons. The van der Waals surface area contributed by atoms with Gasteiger partial charge in [0.25, 0.3) is 0 Å². The summed E-state index contributed by atoms with van der Waals surface area (Å²) < 4.78 is 50.7. The Morgan fingerprint density at radius 3 is 2.31 bits per heavy atom. The van der Waals surface area contributed by atoms with Gasteiger partial charge in [-0.2, -0.15) is 0 Å². The highest BCUT2D eigenvalue weighted by molar-refractivity contribution is 7.89. The molecule has 1 aliphatic rings. The number of sulfonamides is 1. The number of hydrogen-bond acceptors (Lipinski definition) is 3. The summed E-state index contributed by atoms with van der Waals surface area (Å²) in [4.78, 5) is -0.536. The Hall–Kier alpha value is -2.22. The third-order valence-electron chi connectivity index (χ3n) is 4.09. The zero-order valence-corrected chi connectivity index (χ0v) is 15.4. The van der Waals surface area contributed by atoms with Crippen LogP contribution >= 0.6 is 12.2 Å². The molecule has 26 heavy (non-hydrogen) atoms. The first-order valence-corrected chi connectivity index (χ1v) is 9.65. The minimum absolute atomic E-state index is 0.105. The molecule has 0 saturated heterocycles. The number of primary sulfonamides is 1. The fourth-order valence-electron chi connectivity index (χ4n) is 2.90. The van der Waals surface area contributed by atoms with Gasteiger partial charge in [0, 0.05) is 10.8 Å². The summed E-state index contributed by atoms with van der Waals surface area (Å²) in [6.45, 7) is 1.99. The van der Waals surface area contributed by atoms with Gasteiger partial charge in [-0.15, -0.1) is 0 Å². The Balaban J connectivity index is 1.97. The number of benzene rings is 2. The van der Waals surface area contributed by atoms with Crippen molar-refractivity contribution in [3.8, 4) is 0 Å². The van der Waals surface area contributed by atoms with Crippen molar-refractivity contribution in [2.24, 2.45) is 5.14 Å². The molecule has 0 heterocycles. The van der Waals surface area contributed by atoms with Crippen molar-refractivity contribution in [1.29, 1.82) is 0 Å². The number of nitrogens with two attached hydrogens (primary N) is 1. The molecule has 0 aliphatic heterocycles. The van der Waals surface area contributed by atoms with Crippen LogP contribution in [-0.2, 0) is 10.0 Å². The fourth-order valence-corrected chi connectivity index (χ4v) is 3.91. The molecule has 134 valence electrons. The molecule has 1 atom stereocenters. The Labute approximate surface area is 155 Å². The first kappa shape index (κ1) is 18.6. The van der Waals surface area contributed by atoms with Gasteiger partial charge in [-0.1, -0.05) is 54.2 Å². The summed E-state index contributed by atoms with van der Waals surface area (Å²) in [6, 6.07) is 9.80. The highest BCUT2D eigenvalue weighted by Crippen LogP contribution is 2.31. The molecule has 0 aromatic heterocycles. The van der Waals surface area contributed by atoms with Crippen molar-refractivity contribution in [1.82, 2.24) is 0 Å². The zero-order valence-electron chi connectivity index (χ0n) is 13.7. The van der Waals surface area contributed by atoms with Crippen molar-refractivity contribution in [3.05, 3.63) is 83.0 Å². The van der Waals surface area contributed by atoms with Crippen molar-refractivity contribution < 1.29 is 17.2 Å². The first-order chi connectivity index (χ1) is 12.2. The van der Waals surface area contributed by atoms with Crippen LogP contribution in [0.25, 0.3) is 5.57 Å². The second-order valence-electron chi connectivity index (χ2n) is 6.07. The van der Waals surface area contributed by atoms with Crippen LogP contribution < -0.4 is 5.14 Å². The summed E-state index contributed by atoms with van der Waals surface area (Å²) in [5, 5.41) is 4.85. The van der Waals surface area contributed by atoms with Gasteiger partial charge >= 0.3 is 0 Å². The molecule has 3 rings (SSSR count). The van der Waals surface area contributed by atoms with Crippen molar-refractivity contribution in [3.63, 3.8) is 0 Å². The Morgan fingerprint density at radius 2 is 1.77 bits per heavy atom. The molecule has 1 unspecified atom stereocenters. The molecular weight excluding hydrogens is 376 g/mol. The number of halogens is 2. The largest absolute Gasteiger partial charge is 0.243 e. The Bertz CT molecular complexity index is 1050. The van der Waals surface area contributed by atoms with Crippen molar-refractivity contribution in [2.45, 2.75) is 17.7 Å². The first-order valence-electron chi connectivity index (χ1n) is 7.69. The second-order valence-corrected chi connectivity index (χ2v) is 8.04. The molecule has 7 heteroatoms. The summed E-state index contributed by atoms with van der Waals surface area (Å²) >= 11 is 5.45. The van der Waals surface area contributed by atoms with E-state index in [2.05, 4.69) is 0 Å². The van der Waals surface area contributed by atoms with E-state index in [1.807, 2.05) is 37.3 Å². The number of rotatable bonds is 3. The lowest BCUT2D eigenvalue weighted by Crippen LogP contribution is -2.16. The van der Waals surface area contributed by atoms with Gasteiger partial charge in [-0.3, -0.25) is 0 Å². The summed E-state index contributed by atoms with van der Waals surface area (Å²) in [5.41, 5.74) is 2.83. The van der Waals surface area contributed by atoms with Gasteiger partial charge in [-0.25, -0.2) is 22.3 Å². The summed E-state index contributed by atoms with van der Waals surface area (Å²) in [6.07, 6.45) is 5.23. The average Bonchev–Trinajstić information content (AvgIpc) is 2.52. The highest BCUT2D eigenvalue weighted by Gasteiger charge is 2.23. The monoisotopic (exact) mass is 391 g/mol. The maximum atomic E-state index is 14.1. The van der Waals surface area contributed by atoms with Crippen LogP contribution in [-0.4, -0.2) is 13.3 Å². The molecule has 0 bridgehead atoms. The van der Waals surface area contributed by atoms with Gasteiger partial charge in [-0.05, 0) is 41.8 Å². The molecule has 0 amide bonds. The molecule has 0 saturated carbocycles. The van der Waals surface area contributed by atoms with Gasteiger partial charge < -0.3 is 0 Å². The van der Waals surface area contributed by atoms with Crippen LogP contribution in [0.5, 0.6) is 0 Å². The van der Waals surface area contributed by atoms with E-state index in [9.17, 15) is 17.2 Å². The average molecular weight is 391 g/mol.